The summed E-state index contributed by atoms with van der Waals surface area (Å²) >= 11 is 2.79. The van der Waals surface area contributed by atoms with Crippen molar-refractivity contribution in [2.24, 2.45) is 0 Å². The molecule has 9 heteroatoms. The van der Waals surface area contributed by atoms with Gasteiger partial charge in [0, 0.05) is 7.05 Å². The summed E-state index contributed by atoms with van der Waals surface area (Å²) in [6.45, 7) is 3.83. The predicted octanol–water partition coefficient (Wildman–Crippen LogP) is 3.11. The molecule has 0 aliphatic carbocycles. The average Bonchev–Trinajstić information content (AvgIpc) is 3.20. The lowest BCUT2D eigenvalue weighted by atomic mass is 10.3. The fourth-order valence-electron chi connectivity index (χ4n) is 2.32. The standard InChI is InChI=1S/C16H18N6OS2/c1-10-14(11(2)22(21-10)12-7-5-4-6-8-12)18-13(23)9-24-16-20-19-15(17-3)25-16/h4-8H,9H2,1-3H3,(H,17,19)(H,18,23). The van der Waals surface area contributed by atoms with Crippen molar-refractivity contribution >= 4 is 39.8 Å². The van der Waals surface area contributed by atoms with E-state index in [1.807, 2.05) is 48.9 Å². The van der Waals surface area contributed by atoms with E-state index in [2.05, 4.69) is 25.9 Å². The summed E-state index contributed by atoms with van der Waals surface area (Å²) in [7, 11) is 1.79. The van der Waals surface area contributed by atoms with Crippen molar-refractivity contribution in [1.29, 1.82) is 0 Å². The van der Waals surface area contributed by atoms with Crippen molar-refractivity contribution in [3.8, 4) is 5.69 Å². The minimum Gasteiger partial charge on any atom is -0.363 e. The van der Waals surface area contributed by atoms with E-state index in [9.17, 15) is 4.79 Å². The number of nitrogens with one attached hydrogen (secondary N) is 2. The summed E-state index contributed by atoms with van der Waals surface area (Å²) < 4.78 is 2.59. The van der Waals surface area contributed by atoms with Crippen molar-refractivity contribution in [2.45, 2.75) is 18.2 Å². The van der Waals surface area contributed by atoms with Crippen LogP contribution in [0.15, 0.2) is 34.7 Å². The summed E-state index contributed by atoms with van der Waals surface area (Å²) in [6.07, 6.45) is 0. The molecule has 3 aromatic rings. The Kier molecular flexibility index (Phi) is 5.34. The molecule has 0 saturated carbocycles. The Hall–Kier alpha value is -2.39. The lowest BCUT2D eigenvalue weighted by molar-refractivity contribution is -0.113. The molecule has 1 aromatic carbocycles. The number of para-hydroxylation sites is 1. The molecule has 2 aromatic heterocycles. The number of thioether (sulfide) groups is 1. The van der Waals surface area contributed by atoms with E-state index in [0.717, 1.165) is 32.2 Å². The third-order valence-electron chi connectivity index (χ3n) is 3.50. The second-order valence-corrected chi connectivity index (χ2v) is 7.45. The van der Waals surface area contributed by atoms with Gasteiger partial charge in [-0.15, -0.1) is 10.2 Å². The fraction of sp³-hybridized carbons (Fsp3) is 0.250. The van der Waals surface area contributed by atoms with Crippen molar-refractivity contribution in [1.82, 2.24) is 20.0 Å². The average molecular weight is 374 g/mol. The Morgan fingerprint density at radius 2 is 2.00 bits per heavy atom. The van der Waals surface area contributed by atoms with Crippen molar-refractivity contribution < 1.29 is 4.79 Å². The molecule has 0 saturated heterocycles. The lowest BCUT2D eigenvalue weighted by Gasteiger charge is -2.06. The van der Waals surface area contributed by atoms with Gasteiger partial charge in [0.2, 0.25) is 11.0 Å². The van der Waals surface area contributed by atoms with Gasteiger partial charge in [-0.2, -0.15) is 5.10 Å². The molecular weight excluding hydrogens is 356 g/mol. The number of amides is 1. The summed E-state index contributed by atoms with van der Waals surface area (Å²) in [5.41, 5.74) is 3.40. The maximum absolute atomic E-state index is 12.3. The molecule has 0 atom stereocenters. The van der Waals surface area contributed by atoms with E-state index >= 15 is 0 Å². The van der Waals surface area contributed by atoms with Crippen LogP contribution in [0, 0.1) is 13.8 Å². The van der Waals surface area contributed by atoms with Gasteiger partial charge in [-0.3, -0.25) is 4.79 Å². The van der Waals surface area contributed by atoms with Crippen molar-refractivity contribution in [2.75, 3.05) is 23.4 Å². The van der Waals surface area contributed by atoms with Crippen LogP contribution >= 0.6 is 23.1 Å². The van der Waals surface area contributed by atoms with E-state index < -0.39 is 0 Å². The molecule has 25 heavy (non-hydrogen) atoms. The summed E-state index contributed by atoms with van der Waals surface area (Å²) in [5.74, 6) is 0.179. The van der Waals surface area contributed by atoms with Crippen LogP contribution in [-0.4, -0.2) is 38.7 Å². The number of nitrogens with zero attached hydrogens (tertiary/aromatic N) is 4. The molecule has 0 bridgehead atoms. The first kappa shape index (κ1) is 17.4. The highest BCUT2D eigenvalue weighted by molar-refractivity contribution is 8.01. The van der Waals surface area contributed by atoms with E-state index in [0.29, 0.717) is 0 Å². The Bertz CT molecular complexity index is 874. The van der Waals surface area contributed by atoms with Crippen LogP contribution in [0.2, 0.25) is 0 Å². The molecule has 0 aliphatic rings. The molecule has 7 nitrogen and oxygen atoms in total. The predicted molar refractivity (Wildman–Crippen MR) is 102 cm³/mol. The first-order chi connectivity index (χ1) is 12.1. The number of hydrogen-bond acceptors (Lipinski definition) is 7. The van der Waals surface area contributed by atoms with Crippen LogP contribution in [0.4, 0.5) is 10.8 Å². The molecular formula is C16H18N6OS2. The summed E-state index contributed by atoms with van der Waals surface area (Å²) in [5, 5.41) is 19.1. The summed E-state index contributed by atoms with van der Waals surface area (Å²) in [4.78, 5) is 12.3. The number of aromatic nitrogens is 4. The van der Waals surface area contributed by atoms with Crippen LogP contribution < -0.4 is 10.6 Å². The number of aryl methyl sites for hydroxylation is 1. The first-order valence-electron chi connectivity index (χ1n) is 7.64. The number of carbonyl (C=O) groups excluding carboxylic acids is 1. The van der Waals surface area contributed by atoms with E-state index in [4.69, 9.17) is 0 Å². The number of rotatable bonds is 6. The van der Waals surface area contributed by atoms with Crippen LogP contribution in [0.3, 0.4) is 0 Å². The Labute approximate surface area is 153 Å². The van der Waals surface area contributed by atoms with Crippen LogP contribution in [0.5, 0.6) is 0 Å². The molecule has 2 heterocycles. The highest BCUT2D eigenvalue weighted by atomic mass is 32.2. The molecule has 0 radical (unpaired) electrons. The molecule has 0 aliphatic heterocycles. The number of carbonyl (C=O) groups is 1. The van der Waals surface area contributed by atoms with Crippen LogP contribution in [-0.2, 0) is 4.79 Å². The third-order valence-corrected chi connectivity index (χ3v) is 5.58. The molecule has 130 valence electrons. The SMILES string of the molecule is CNc1nnc(SCC(=O)Nc2c(C)nn(-c3ccccc3)c2C)s1. The van der Waals surface area contributed by atoms with E-state index in [1.165, 1.54) is 23.1 Å². The van der Waals surface area contributed by atoms with Crippen molar-refractivity contribution in [3.05, 3.63) is 41.7 Å². The zero-order valence-electron chi connectivity index (χ0n) is 14.1. The minimum atomic E-state index is -0.0926. The van der Waals surface area contributed by atoms with Gasteiger partial charge < -0.3 is 10.6 Å². The van der Waals surface area contributed by atoms with Gasteiger partial charge >= 0.3 is 0 Å². The van der Waals surface area contributed by atoms with Gasteiger partial charge in [0.15, 0.2) is 4.34 Å². The van der Waals surface area contributed by atoms with Gasteiger partial charge in [0.05, 0.1) is 28.5 Å². The largest absolute Gasteiger partial charge is 0.363 e. The molecule has 0 fully saturated rings. The van der Waals surface area contributed by atoms with Crippen molar-refractivity contribution in [3.63, 3.8) is 0 Å². The molecule has 2 N–H and O–H groups in total. The zero-order chi connectivity index (χ0) is 17.8. The number of benzene rings is 1. The zero-order valence-corrected chi connectivity index (χ0v) is 15.7. The molecule has 0 spiro atoms. The Morgan fingerprint density at radius 1 is 1.24 bits per heavy atom. The minimum absolute atomic E-state index is 0.0926. The second kappa shape index (κ2) is 7.66. The van der Waals surface area contributed by atoms with Gasteiger partial charge in [-0.1, -0.05) is 41.3 Å². The summed E-state index contributed by atoms with van der Waals surface area (Å²) in [6, 6.07) is 9.85. The van der Waals surface area contributed by atoms with E-state index in [-0.39, 0.29) is 11.7 Å². The Balaban J connectivity index is 1.68. The first-order valence-corrected chi connectivity index (χ1v) is 9.44. The maximum atomic E-state index is 12.3. The third kappa shape index (κ3) is 3.99. The highest BCUT2D eigenvalue weighted by Crippen LogP contribution is 2.26. The number of hydrogen-bond donors (Lipinski definition) is 2. The normalized spacial score (nSPS) is 10.7. The van der Waals surface area contributed by atoms with E-state index in [1.54, 1.807) is 7.05 Å². The molecule has 3 rings (SSSR count). The van der Waals surface area contributed by atoms with Gasteiger partial charge in [-0.05, 0) is 26.0 Å². The maximum Gasteiger partial charge on any atom is 0.234 e. The topological polar surface area (TPSA) is 84.7 Å². The smallest absolute Gasteiger partial charge is 0.234 e. The lowest BCUT2D eigenvalue weighted by Crippen LogP contribution is -2.15. The second-order valence-electron chi connectivity index (χ2n) is 5.25. The van der Waals surface area contributed by atoms with Gasteiger partial charge in [0.25, 0.3) is 0 Å². The van der Waals surface area contributed by atoms with Crippen LogP contribution in [0.1, 0.15) is 11.4 Å². The van der Waals surface area contributed by atoms with Gasteiger partial charge in [0.1, 0.15) is 0 Å². The number of anilines is 2. The monoisotopic (exact) mass is 374 g/mol. The van der Waals surface area contributed by atoms with Crippen LogP contribution in [0.25, 0.3) is 5.69 Å². The van der Waals surface area contributed by atoms with Gasteiger partial charge in [-0.25, -0.2) is 4.68 Å². The quantitative estimate of drug-likeness (QED) is 0.645. The molecule has 0 unspecified atom stereocenters. The highest BCUT2D eigenvalue weighted by Gasteiger charge is 2.16. The Morgan fingerprint density at radius 3 is 2.68 bits per heavy atom. The fourth-order valence-corrected chi connectivity index (χ4v) is 3.82. The molecule has 1 amide bonds.